The first kappa shape index (κ1) is 14.4. The molecular weight excluding hydrogens is 272 g/mol. The number of nitrogen functional groups attached to an aromatic ring is 1. The number of anilines is 2. The summed E-state index contributed by atoms with van der Waals surface area (Å²) in [7, 11) is 0. The molecule has 0 saturated carbocycles. The molecule has 7 heteroatoms. The fourth-order valence-electron chi connectivity index (χ4n) is 1.81. The Morgan fingerprint density at radius 3 is 2.86 bits per heavy atom. The van der Waals surface area contributed by atoms with Crippen LogP contribution in [0.15, 0.2) is 36.5 Å². The minimum absolute atomic E-state index is 0.0221. The van der Waals surface area contributed by atoms with Gasteiger partial charge in [-0.25, -0.2) is 4.98 Å². The highest BCUT2D eigenvalue weighted by atomic mass is 16.6. The van der Waals surface area contributed by atoms with Crippen molar-refractivity contribution in [3.8, 4) is 0 Å². The third kappa shape index (κ3) is 3.33. The van der Waals surface area contributed by atoms with E-state index < -0.39 is 10.8 Å². The molecule has 108 valence electrons. The average Bonchev–Trinajstić information content (AvgIpc) is 2.47. The van der Waals surface area contributed by atoms with Gasteiger partial charge in [-0.15, -0.1) is 0 Å². The zero-order valence-electron chi connectivity index (χ0n) is 11.4. The Morgan fingerprint density at radius 1 is 1.43 bits per heavy atom. The van der Waals surface area contributed by atoms with Gasteiger partial charge in [0.1, 0.15) is 12.0 Å². The number of rotatable bonds is 4. The number of benzene rings is 1. The number of aromatic nitrogens is 1. The summed E-state index contributed by atoms with van der Waals surface area (Å²) in [5, 5.41) is 13.4. The van der Waals surface area contributed by atoms with E-state index in [2.05, 4.69) is 10.3 Å². The Labute approximate surface area is 121 Å². The molecular formula is C14H14N4O3. The number of pyridine rings is 1. The lowest BCUT2D eigenvalue weighted by Crippen LogP contribution is -2.15. The Kier molecular flexibility index (Phi) is 4.13. The van der Waals surface area contributed by atoms with Crippen molar-refractivity contribution in [2.45, 2.75) is 13.3 Å². The molecule has 0 aliphatic carbocycles. The van der Waals surface area contributed by atoms with Crippen LogP contribution in [0.5, 0.6) is 0 Å². The molecule has 0 atom stereocenters. The number of amides is 1. The molecule has 3 N–H and O–H groups in total. The number of nitrogens with one attached hydrogen (secondary N) is 1. The summed E-state index contributed by atoms with van der Waals surface area (Å²) in [6, 6.07) is 8.45. The predicted molar refractivity (Wildman–Crippen MR) is 79.1 cm³/mol. The first-order valence-electron chi connectivity index (χ1n) is 6.31. The van der Waals surface area contributed by atoms with Crippen LogP contribution in [0.2, 0.25) is 0 Å². The van der Waals surface area contributed by atoms with Crippen molar-refractivity contribution in [2.24, 2.45) is 0 Å². The van der Waals surface area contributed by atoms with Crippen LogP contribution in [-0.4, -0.2) is 15.8 Å². The molecule has 0 spiro atoms. The van der Waals surface area contributed by atoms with Crippen LogP contribution < -0.4 is 11.1 Å². The van der Waals surface area contributed by atoms with Gasteiger partial charge in [0.05, 0.1) is 10.5 Å². The fourth-order valence-corrected chi connectivity index (χ4v) is 1.81. The maximum atomic E-state index is 12.2. The summed E-state index contributed by atoms with van der Waals surface area (Å²) in [4.78, 5) is 25.9. The smallest absolute Gasteiger partial charge is 0.288 e. The van der Waals surface area contributed by atoms with Crippen LogP contribution in [0.4, 0.5) is 17.2 Å². The fraction of sp³-hybridized carbons (Fsp3) is 0.143. The minimum atomic E-state index is -0.624. The van der Waals surface area contributed by atoms with Gasteiger partial charge in [0.25, 0.3) is 11.6 Å². The number of aryl methyl sites for hydroxylation is 1. The second-order valence-electron chi connectivity index (χ2n) is 4.39. The van der Waals surface area contributed by atoms with Gasteiger partial charge in [0.2, 0.25) is 0 Å². The molecule has 2 rings (SSSR count). The first-order chi connectivity index (χ1) is 10.0. The zero-order valence-corrected chi connectivity index (χ0v) is 11.4. The molecule has 1 aromatic heterocycles. The Morgan fingerprint density at radius 2 is 2.19 bits per heavy atom. The number of nitrogens with two attached hydrogens (primary N) is 1. The molecule has 1 amide bonds. The molecule has 1 aromatic carbocycles. The normalized spacial score (nSPS) is 10.1. The lowest BCUT2D eigenvalue weighted by Gasteiger charge is -2.08. The van der Waals surface area contributed by atoms with Crippen molar-refractivity contribution in [3.05, 3.63) is 57.8 Å². The monoisotopic (exact) mass is 286 g/mol. The molecule has 21 heavy (non-hydrogen) atoms. The van der Waals surface area contributed by atoms with Gasteiger partial charge in [0.15, 0.2) is 0 Å². The minimum Gasteiger partial charge on any atom is -0.383 e. The van der Waals surface area contributed by atoms with Crippen molar-refractivity contribution < 1.29 is 9.72 Å². The summed E-state index contributed by atoms with van der Waals surface area (Å²) < 4.78 is 0. The zero-order chi connectivity index (χ0) is 15.4. The summed E-state index contributed by atoms with van der Waals surface area (Å²) in [6.45, 7) is 2.00. The number of nitrogens with zero attached hydrogens (tertiary/aromatic N) is 2. The number of carbonyl (C=O) groups is 1. The topological polar surface area (TPSA) is 111 Å². The highest BCUT2D eigenvalue weighted by molar-refractivity contribution is 6.07. The van der Waals surface area contributed by atoms with Gasteiger partial charge in [-0.1, -0.05) is 19.1 Å². The van der Waals surface area contributed by atoms with E-state index in [1.807, 2.05) is 25.1 Å². The number of hydrogen-bond donors (Lipinski definition) is 2. The maximum absolute atomic E-state index is 12.2. The standard InChI is InChI=1S/C14H14N4O3/c1-2-9-4-3-5-10(6-9)17-14(19)12-7-11(18(20)21)8-16-13(12)15/h3-8H,2H2,1H3,(H2,15,16)(H,17,19). The van der Waals surface area contributed by atoms with Crippen LogP contribution >= 0.6 is 0 Å². The quantitative estimate of drug-likeness (QED) is 0.662. The van der Waals surface area contributed by atoms with Crippen molar-refractivity contribution >= 4 is 23.1 Å². The highest BCUT2D eigenvalue weighted by Crippen LogP contribution is 2.19. The van der Waals surface area contributed by atoms with Crippen molar-refractivity contribution in [1.29, 1.82) is 0 Å². The summed E-state index contributed by atoms with van der Waals surface area (Å²) in [6.07, 6.45) is 1.86. The molecule has 0 aliphatic rings. The van der Waals surface area contributed by atoms with Crippen LogP contribution in [0.1, 0.15) is 22.8 Å². The molecule has 0 bridgehead atoms. The van der Waals surface area contributed by atoms with E-state index in [1.54, 1.807) is 6.07 Å². The highest BCUT2D eigenvalue weighted by Gasteiger charge is 2.16. The van der Waals surface area contributed by atoms with E-state index in [9.17, 15) is 14.9 Å². The van der Waals surface area contributed by atoms with E-state index in [4.69, 9.17) is 5.73 Å². The van der Waals surface area contributed by atoms with Crippen LogP contribution in [0.25, 0.3) is 0 Å². The van der Waals surface area contributed by atoms with Gasteiger partial charge in [0, 0.05) is 11.8 Å². The number of carbonyl (C=O) groups excluding carboxylic acids is 1. The molecule has 7 nitrogen and oxygen atoms in total. The lowest BCUT2D eigenvalue weighted by atomic mass is 10.1. The van der Waals surface area contributed by atoms with E-state index >= 15 is 0 Å². The van der Waals surface area contributed by atoms with Crippen molar-refractivity contribution in [1.82, 2.24) is 4.98 Å². The number of hydrogen-bond acceptors (Lipinski definition) is 5. The van der Waals surface area contributed by atoms with E-state index in [1.165, 1.54) is 0 Å². The number of nitro groups is 1. The Bertz CT molecular complexity index is 700. The maximum Gasteiger partial charge on any atom is 0.288 e. The van der Waals surface area contributed by atoms with Crippen LogP contribution in [0.3, 0.4) is 0 Å². The molecule has 0 fully saturated rings. The third-order valence-electron chi connectivity index (χ3n) is 2.95. The van der Waals surface area contributed by atoms with E-state index in [0.717, 1.165) is 24.2 Å². The molecule has 0 unspecified atom stereocenters. The van der Waals surface area contributed by atoms with Gasteiger partial charge >= 0.3 is 0 Å². The lowest BCUT2D eigenvalue weighted by molar-refractivity contribution is -0.385. The van der Waals surface area contributed by atoms with Crippen LogP contribution in [-0.2, 0) is 6.42 Å². The van der Waals surface area contributed by atoms with Crippen molar-refractivity contribution in [3.63, 3.8) is 0 Å². The van der Waals surface area contributed by atoms with Gasteiger partial charge in [-0.05, 0) is 24.1 Å². The molecule has 1 heterocycles. The van der Waals surface area contributed by atoms with Crippen LogP contribution in [0, 0.1) is 10.1 Å². The molecule has 0 aliphatic heterocycles. The SMILES string of the molecule is CCc1cccc(NC(=O)c2cc([N+](=O)[O-])cnc2N)c1. The summed E-state index contributed by atoms with van der Waals surface area (Å²) in [5.41, 5.74) is 6.97. The predicted octanol–water partition coefficient (Wildman–Crippen LogP) is 2.39. The van der Waals surface area contributed by atoms with E-state index in [0.29, 0.717) is 5.69 Å². The summed E-state index contributed by atoms with van der Waals surface area (Å²) in [5.74, 6) is -0.582. The van der Waals surface area contributed by atoms with Gasteiger partial charge in [-0.3, -0.25) is 14.9 Å². The average molecular weight is 286 g/mol. The van der Waals surface area contributed by atoms with E-state index in [-0.39, 0.29) is 17.1 Å². The Hall–Kier alpha value is -2.96. The van der Waals surface area contributed by atoms with Gasteiger partial charge in [-0.2, -0.15) is 0 Å². The van der Waals surface area contributed by atoms with Crippen molar-refractivity contribution in [2.75, 3.05) is 11.1 Å². The molecule has 2 aromatic rings. The largest absolute Gasteiger partial charge is 0.383 e. The van der Waals surface area contributed by atoms with Gasteiger partial charge < -0.3 is 11.1 Å². The first-order valence-corrected chi connectivity index (χ1v) is 6.31. The third-order valence-corrected chi connectivity index (χ3v) is 2.95. The summed E-state index contributed by atoms with van der Waals surface area (Å²) >= 11 is 0. The molecule has 0 saturated heterocycles. The second kappa shape index (κ2) is 6.00. The second-order valence-corrected chi connectivity index (χ2v) is 4.39. The Balaban J connectivity index is 2.27. The molecule has 0 radical (unpaired) electrons.